The van der Waals surface area contributed by atoms with Gasteiger partial charge in [-0.25, -0.2) is 4.98 Å². The summed E-state index contributed by atoms with van der Waals surface area (Å²) < 4.78 is 7.06. The van der Waals surface area contributed by atoms with Gasteiger partial charge in [-0.2, -0.15) is 14.6 Å². The van der Waals surface area contributed by atoms with Crippen LogP contribution in [0.25, 0.3) is 5.78 Å². The Bertz CT molecular complexity index is 1150. The molecule has 2 aromatic heterocycles. The number of carbonyl (C=O) groups is 2. The second-order valence-electron chi connectivity index (χ2n) is 7.91. The molecule has 160 valence electrons. The summed E-state index contributed by atoms with van der Waals surface area (Å²) in [5.74, 6) is 1.42. The maximum atomic E-state index is 13.1. The van der Waals surface area contributed by atoms with E-state index in [2.05, 4.69) is 15.0 Å². The first-order valence-corrected chi connectivity index (χ1v) is 10.6. The van der Waals surface area contributed by atoms with Crippen LogP contribution >= 0.6 is 0 Å². The fourth-order valence-electron chi connectivity index (χ4n) is 4.47. The van der Waals surface area contributed by atoms with E-state index >= 15 is 0 Å². The Kier molecular flexibility index (Phi) is 5.01. The summed E-state index contributed by atoms with van der Waals surface area (Å²) in [7, 11) is 0. The van der Waals surface area contributed by atoms with Gasteiger partial charge in [0.1, 0.15) is 17.9 Å². The van der Waals surface area contributed by atoms with Gasteiger partial charge in [-0.3, -0.25) is 9.59 Å². The number of nitrogens with zero attached hydrogens (tertiary/aromatic N) is 6. The molecule has 0 atom stereocenters. The van der Waals surface area contributed by atoms with Gasteiger partial charge in [0, 0.05) is 38.7 Å². The molecule has 1 aliphatic carbocycles. The molecule has 0 unspecified atom stereocenters. The number of fused-ring (bicyclic) bond motifs is 2. The molecule has 1 amide bonds. The van der Waals surface area contributed by atoms with E-state index in [1.54, 1.807) is 30.6 Å². The van der Waals surface area contributed by atoms with Crippen molar-refractivity contribution in [2.75, 3.05) is 31.1 Å². The van der Waals surface area contributed by atoms with Crippen molar-refractivity contribution in [2.45, 2.75) is 32.6 Å². The number of aromatic nitrogens is 4. The highest BCUT2D eigenvalue weighted by Crippen LogP contribution is 2.30. The molecule has 0 saturated carbocycles. The second kappa shape index (κ2) is 7.98. The highest BCUT2D eigenvalue weighted by atomic mass is 16.5. The molecule has 3 aromatic rings. The van der Waals surface area contributed by atoms with Crippen molar-refractivity contribution in [1.29, 1.82) is 0 Å². The zero-order valence-electron chi connectivity index (χ0n) is 17.5. The van der Waals surface area contributed by atoms with Gasteiger partial charge in [-0.1, -0.05) is 12.1 Å². The molecule has 0 radical (unpaired) electrons. The van der Waals surface area contributed by atoms with Crippen LogP contribution in [0.4, 0.5) is 5.82 Å². The summed E-state index contributed by atoms with van der Waals surface area (Å²) in [5.41, 5.74) is 2.78. The molecule has 9 nitrogen and oxygen atoms in total. The average molecular weight is 420 g/mol. The van der Waals surface area contributed by atoms with Crippen molar-refractivity contribution >= 4 is 23.5 Å². The number of carbonyl (C=O) groups excluding carboxylic acids is 2. The maximum Gasteiger partial charge on any atom is 0.308 e. The third kappa shape index (κ3) is 3.60. The summed E-state index contributed by atoms with van der Waals surface area (Å²) in [5, 5.41) is 4.42. The lowest BCUT2D eigenvalue weighted by atomic mass is 9.96. The van der Waals surface area contributed by atoms with E-state index in [0.717, 1.165) is 37.2 Å². The standard InChI is InChI=1S/C22H24N6O3/c1-15(29)31-19-9-5-3-7-17(19)21(30)27-12-10-26(11-13-27)20-16-6-2-4-8-18(16)25-22-23-14-24-28(20)22/h3,5,7,9,14H,2,4,6,8,10-13H2,1H3. The van der Waals surface area contributed by atoms with E-state index in [4.69, 9.17) is 9.72 Å². The highest BCUT2D eigenvalue weighted by Gasteiger charge is 2.29. The number of hydrogen-bond donors (Lipinski definition) is 0. The van der Waals surface area contributed by atoms with E-state index in [9.17, 15) is 9.59 Å². The molecule has 3 heterocycles. The fourth-order valence-corrected chi connectivity index (χ4v) is 4.47. The topological polar surface area (TPSA) is 92.9 Å². The van der Waals surface area contributed by atoms with Gasteiger partial charge in [0.2, 0.25) is 0 Å². The zero-order valence-corrected chi connectivity index (χ0v) is 17.5. The zero-order chi connectivity index (χ0) is 21.4. The number of para-hydroxylation sites is 1. The molecular weight excluding hydrogens is 396 g/mol. The van der Waals surface area contributed by atoms with Gasteiger partial charge in [-0.15, -0.1) is 0 Å². The number of anilines is 1. The number of amides is 1. The highest BCUT2D eigenvalue weighted by molar-refractivity contribution is 5.97. The quantitative estimate of drug-likeness (QED) is 0.472. The minimum atomic E-state index is -0.440. The van der Waals surface area contributed by atoms with Crippen LogP contribution in [0.1, 0.15) is 41.4 Å². The van der Waals surface area contributed by atoms with Crippen molar-refractivity contribution < 1.29 is 14.3 Å². The van der Waals surface area contributed by atoms with Crippen LogP contribution in [0, 0.1) is 0 Å². The van der Waals surface area contributed by atoms with Crippen molar-refractivity contribution in [3.05, 3.63) is 47.4 Å². The number of rotatable bonds is 3. The molecule has 0 spiro atoms. The Hall–Kier alpha value is -3.49. The minimum absolute atomic E-state index is 0.126. The molecule has 1 saturated heterocycles. The summed E-state index contributed by atoms with van der Waals surface area (Å²) in [6.45, 7) is 3.85. The Morgan fingerprint density at radius 3 is 2.61 bits per heavy atom. The number of hydrogen-bond acceptors (Lipinski definition) is 7. The summed E-state index contributed by atoms with van der Waals surface area (Å²) in [6.07, 6.45) is 5.80. The van der Waals surface area contributed by atoms with E-state index in [1.807, 2.05) is 9.42 Å². The lowest BCUT2D eigenvalue weighted by molar-refractivity contribution is -0.131. The molecule has 1 fully saturated rings. The normalized spacial score (nSPS) is 16.3. The second-order valence-corrected chi connectivity index (χ2v) is 7.91. The largest absolute Gasteiger partial charge is 0.426 e. The van der Waals surface area contributed by atoms with Crippen LogP contribution < -0.4 is 9.64 Å². The van der Waals surface area contributed by atoms with Gasteiger partial charge < -0.3 is 14.5 Å². The number of ether oxygens (including phenoxy) is 1. The predicted molar refractivity (Wildman–Crippen MR) is 113 cm³/mol. The summed E-state index contributed by atoms with van der Waals surface area (Å²) in [4.78, 5) is 37.6. The number of aryl methyl sites for hydroxylation is 1. The lowest BCUT2D eigenvalue weighted by Crippen LogP contribution is -2.49. The monoisotopic (exact) mass is 420 g/mol. The molecule has 0 bridgehead atoms. The van der Waals surface area contributed by atoms with Gasteiger partial charge in [0.25, 0.3) is 11.7 Å². The van der Waals surface area contributed by atoms with E-state index in [0.29, 0.717) is 43.3 Å². The Balaban J connectivity index is 1.38. The molecule has 2 aliphatic rings. The Morgan fingerprint density at radius 2 is 1.81 bits per heavy atom. The Labute approximate surface area is 179 Å². The molecule has 1 aromatic carbocycles. The number of esters is 1. The Morgan fingerprint density at radius 1 is 1.03 bits per heavy atom. The number of piperazine rings is 1. The molecule has 5 rings (SSSR count). The predicted octanol–water partition coefficient (Wildman–Crippen LogP) is 1.89. The minimum Gasteiger partial charge on any atom is -0.426 e. The van der Waals surface area contributed by atoms with Gasteiger partial charge >= 0.3 is 5.97 Å². The van der Waals surface area contributed by atoms with Crippen molar-refractivity contribution in [2.24, 2.45) is 0 Å². The van der Waals surface area contributed by atoms with Crippen molar-refractivity contribution in [3.63, 3.8) is 0 Å². The van der Waals surface area contributed by atoms with Crippen LogP contribution in [0.2, 0.25) is 0 Å². The lowest BCUT2D eigenvalue weighted by Gasteiger charge is -2.37. The van der Waals surface area contributed by atoms with Gasteiger partial charge in [-0.05, 0) is 37.8 Å². The van der Waals surface area contributed by atoms with Gasteiger partial charge in [0.15, 0.2) is 0 Å². The average Bonchev–Trinajstić information content (AvgIpc) is 3.25. The first-order chi connectivity index (χ1) is 15.1. The molecule has 31 heavy (non-hydrogen) atoms. The fraction of sp³-hybridized carbons (Fsp3) is 0.409. The summed E-state index contributed by atoms with van der Waals surface area (Å²) >= 11 is 0. The third-order valence-corrected chi connectivity index (χ3v) is 5.91. The van der Waals surface area contributed by atoms with Crippen molar-refractivity contribution in [3.8, 4) is 5.75 Å². The van der Waals surface area contributed by atoms with Crippen LogP contribution in [0.5, 0.6) is 5.75 Å². The van der Waals surface area contributed by atoms with Crippen molar-refractivity contribution in [1.82, 2.24) is 24.5 Å². The molecule has 0 N–H and O–H groups in total. The SMILES string of the molecule is CC(=O)Oc1ccccc1C(=O)N1CCN(c2c3c(nc4ncnn24)CCCC3)CC1. The molecule has 9 heteroatoms. The van der Waals surface area contributed by atoms with Gasteiger partial charge in [0.05, 0.1) is 11.3 Å². The first kappa shape index (κ1) is 19.5. The van der Waals surface area contributed by atoms with Crippen LogP contribution in [-0.4, -0.2) is 62.5 Å². The van der Waals surface area contributed by atoms with Crippen LogP contribution in [-0.2, 0) is 17.6 Å². The molecule has 1 aliphatic heterocycles. The first-order valence-electron chi connectivity index (χ1n) is 10.6. The van der Waals surface area contributed by atoms with E-state index < -0.39 is 5.97 Å². The van der Waals surface area contributed by atoms with Crippen LogP contribution in [0.15, 0.2) is 30.6 Å². The number of benzene rings is 1. The smallest absolute Gasteiger partial charge is 0.308 e. The van der Waals surface area contributed by atoms with E-state index in [-0.39, 0.29) is 5.91 Å². The van der Waals surface area contributed by atoms with E-state index in [1.165, 1.54) is 12.5 Å². The maximum absolute atomic E-state index is 13.1. The third-order valence-electron chi connectivity index (χ3n) is 5.91. The molecular formula is C22H24N6O3. The summed E-state index contributed by atoms with van der Waals surface area (Å²) in [6, 6.07) is 6.88. The van der Waals surface area contributed by atoms with Crippen LogP contribution in [0.3, 0.4) is 0 Å².